The average molecular weight is 294 g/mol. The summed E-state index contributed by atoms with van der Waals surface area (Å²) in [5.41, 5.74) is -0.0940. The number of hydrogen-bond donors (Lipinski definition) is 1. The van der Waals surface area contributed by atoms with Crippen molar-refractivity contribution in [2.45, 2.75) is 31.9 Å². The molecule has 0 spiro atoms. The maximum atomic E-state index is 12.5. The Balaban J connectivity index is 2.19. The van der Waals surface area contributed by atoms with Gasteiger partial charge in [0.1, 0.15) is 4.83 Å². The lowest BCUT2D eigenvalue weighted by atomic mass is 9.89. The van der Waals surface area contributed by atoms with Gasteiger partial charge < -0.3 is 4.74 Å². The van der Waals surface area contributed by atoms with Crippen LogP contribution in [0.15, 0.2) is 9.59 Å². The number of aromatic amines is 1. The topological polar surface area (TPSA) is 81.2 Å². The number of rotatable bonds is 3. The van der Waals surface area contributed by atoms with Gasteiger partial charge in [0.25, 0.3) is 5.56 Å². The molecule has 0 aromatic carbocycles. The van der Waals surface area contributed by atoms with E-state index in [-0.39, 0.29) is 17.7 Å². The van der Waals surface area contributed by atoms with Crippen molar-refractivity contribution >= 4 is 27.8 Å². The molecule has 106 valence electrons. The smallest absolute Gasteiger partial charge is 0.329 e. The SMILES string of the molecule is CO[C@H]1C[C@@H](n2c(=O)[nH]c3sc(C=O)c(C)c3c2=O)C1. The van der Waals surface area contributed by atoms with Gasteiger partial charge in [-0.05, 0) is 25.3 Å². The number of aryl methyl sites for hydroxylation is 1. The van der Waals surface area contributed by atoms with E-state index in [2.05, 4.69) is 4.98 Å². The van der Waals surface area contributed by atoms with Gasteiger partial charge in [-0.15, -0.1) is 11.3 Å². The highest BCUT2D eigenvalue weighted by atomic mass is 32.1. The van der Waals surface area contributed by atoms with Crippen molar-refractivity contribution in [1.29, 1.82) is 0 Å². The first-order valence-corrected chi connectivity index (χ1v) is 7.14. The highest BCUT2D eigenvalue weighted by Gasteiger charge is 2.33. The number of fused-ring (bicyclic) bond motifs is 1. The van der Waals surface area contributed by atoms with Crippen molar-refractivity contribution in [3.8, 4) is 0 Å². The van der Waals surface area contributed by atoms with Gasteiger partial charge in [-0.25, -0.2) is 4.79 Å². The Bertz CT molecular complexity index is 795. The van der Waals surface area contributed by atoms with E-state index in [4.69, 9.17) is 4.74 Å². The summed E-state index contributed by atoms with van der Waals surface area (Å²) in [6.45, 7) is 1.73. The number of nitrogens with zero attached hydrogens (tertiary/aromatic N) is 1. The summed E-state index contributed by atoms with van der Waals surface area (Å²) in [5, 5.41) is 0.442. The number of carbonyl (C=O) groups excluding carboxylic acids is 1. The van der Waals surface area contributed by atoms with Crippen LogP contribution in [0.1, 0.15) is 34.1 Å². The van der Waals surface area contributed by atoms with Crippen molar-refractivity contribution in [3.63, 3.8) is 0 Å². The van der Waals surface area contributed by atoms with Gasteiger partial charge in [0.05, 0.1) is 16.4 Å². The number of H-pyrrole nitrogens is 1. The largest absolute Gasteiger partial charge is 0.381 e. The Morgan fingerprint density at radius 2 is 2.10 bits per heavy atom. The predicted molar refractivity (Wildman–Crippen MR) is 75.9 cm³/mol. The van der Waals surface area contributed by atoms with Gasteiger partial charge in [0.2, 0.25) is 0 Å². The molecule has 0 saturated heterocycles. The van der Waals surface area contributed by atoms with Gasteiger partial charge in [-0.3, -0.25) is 19.1 Å². The van der Waals surface area contributed by atoms with Gasteiger partial charge in [0, 0.05) is 13.2 Å². The van der Waals surface area contributed by atoms with E-state index in [0.29, 0.717) is 39.8 Å². The molecule has 0 bridgehead atoms. The molecule has 20 heavy (non-hydrogen) atoms. The second-order valence-electron chi connectivity index (χ2n) is 5.00. The third kappa shape index (κ3) is 1.77. The monoisotopic (exact) mass is 294 g/mol. The molecule has 0 amide bonds. The summed E-state index contributed by atoms with van der Waals surface area (Å²) in [5.74, 6) is 0. The lowest BCUT2D eigenvalue weighted by Gasteiger charge is -2.34. The standard InChI is InChI=1S/C13H14N2O4S/c1-6-9(5-16)20-11-10(6)12(17)15(13(18)14-11)7-3-8(4-7)19-2/h5,7-8H,3-4H2,1-2H3,(H,14,18)/t7-,8+. The highest BCUT2D eigenvalue weighted by molar-refractivity contribution is 7.20. The van der Waals surface area contributed by atoms with Crippen LogP contribution in [0, 0.1) is 6.92 Å². The maximum absolute atomic E-state index is 12.5. The molecule has 1 fully saturated rings. The van der Waals surface area contributed by atoms with Crippen molar-refractivity contribution in [3.05, 3.63) is 31.3 Å². The maximum Gasteiger partial charge on any atom is 0.329 e. The lowest BCUT2D eigenvalue weighted by Crippen LogP contribution is -2.45. The van der Waals surface area contributed by atoms with E-state index < -0.39 is 5.69 Å². The summed E-state index contributed by atoms with van der Waals surface area (Å²) in [4.78, 5) is 39.2. The molecule has 1 saturated carbocycles. The number of hydrogen-bond acceptors (Lipinski definition) is 5. The van der Waals surface area contributed by atoms with E-state index in [1.807, 2.05) is 0 Å². The highest BCUT2D eigenvalue weighted by Crippen LogP contribution is 2.33. The van der Waals surface area contributed by atoms with Crippen LogP contribution in [0.25, 0.3) is 10.2 Å². The minimum atomic E-state index is -0.416. The van der Waals surface area contributed by atoms with E-state index >= 15 is 0 Å². The lowest BCUT2D eigenvalue weighted by molar-refractivity contribution is 0.00403. The molecule has 2 heterocycles. The van der Waals surface area contributed by atoms with Crippen LogP contribution < -0.4 is 11.2 Å². The third-order valence-corrected chi connectivity index (χ3v) is 5.06. The fourth-order valence-corrected chi connectivity index (χ4v) is 3.64. The molecule has 0 radical (unpaired) electrons. The molecule has 1 N–H and O–H groups in total. The zero-order chi connectivity index (χ0) is 14.4. The number of thiophene rings is 1. The number of aromatic nitrogens is 2. The number of aldehydes is 1. The van der Waals surface area contributed by atoms with Crippen LogP contribution in [-0.4, -0.2) is 29.1 Å². The Morgan fingerprint density at radius 1 is 1.40 bits per heavy atom. The van der Waals surface area contributed by atoms with Gasteiger partial charge in [-0.2, -0.15) is 0 Å². The molecule has 3 rings (SSSR count). The summed E-state index contributed by atoms with van der Waals surface area (Å²) in [7, 11) is 1.62. The van der Waals surface area contributed by atoms with E-state index in [9.17, 15) is 14.4 Å². The molecule has 1 aliphatic rings. The molecule has 6 nitrogen and oxygen atoms in total. The third-order valence-electron chi connectivity index (χ3n) is 3.93. The first-order valence-electron chi connectivity index (χ1n) is 6.32. The average Bonchev–Trinajstić information content (AvgIpc) is 2.68. The van der Waals surface area contributed by atoms with Crippen LogP contribution in [0.2, 0.25) is 0 Å². The van der Waals surface area contributed by atoms with Crippen molar-refractivity contribution in [2.75, 3.05) is 7.11 Å². The summed E-state index contributed by atoms with van der Waals surface area (Å²) in [6.07, 6.45) is 2.15. The predicted octanol–water partition coefficient (Wildman–Crippen LogP) is 1.22. The van der Waals surface area contributed by atoms with Crippen LogP contribution in [0.3, 0.4) is 0 Å². The number of methoxy groups -OCH3 is 1. The van der Waals surface area contributed by atoms with Gasteiger partial charge in [-0.1, -0.05) is 0 Å². The molecule has 0 aliphatic heterocycles. The fourth-order valence-electron chi connectivity index (χ4n) is 2.63. The quantitative estimate of drug-likeness (QED) is 0.863. The number of carbonyl (C=O) groups is 1. The van der Waals surface area contributed by atoms with Gasteiger partial charge >= 0.3 is 5.69 Å². The summed E-state index contributed by atoms with van der Waals surface area (Å²) < 4.78 is 6.43. The second kappa shape index (κ2) is 4.68. The zero-order valence-electron chi connectivity index (χ0n) is 11.1. The van der Waals surface area contributed by atoms with Crippen molar-refractivity contribution in [1.82, 2.24) is 9.55 Å². The van der Waals surface area contributed by atoms with Crippen molar-refractivity contribution < 1.29 is 9.53 Å². The molecule has 0 unspecified atom stereocenters. The normalized spacial score (nSPS) is 21.9. The van der Waals surface area contributed by atoms with Crippen LogP contribution in [-0.2, 0) is 4.74 Å². The Labute approximate surface area is 118 Å². The summed E-state index contributed by atoms with van der Waals surface area (Å²) in [6, 6.07) is -0.125. The first kappa shape index (κ1) is 13.3. The fraction of sp³-hybridized carbons (Fsp3) is 0.462. The minimum absolute atomic E-state index is 0.108. The molecule has 0 atom stereocenters. The molecular weight excluding hydrogens is 280 g/mol. The minimum Gasteiger partial charge on any atom is -0.381 e. The van der Waals surface area contributed by atoms with Crippen LogP contribution in [0.5, 0.6) is 0 Å². The van der Waals surface area contributed by atoms with Crippen LogP contribution in [0.4, 0.5) is 0 Å². The Kier molecular flexibility index (Phi) is 3.10. The molecule has 2 aromatic heterocycles. The van der Waals surface area contributed by atoms with Gasteiger partial charge in [0.15, 0.2) is 6.29 Å². The van der Waals surface area contributed by atoms with E-state index in [1.54, 1.807) is 14.0 Å². The molecular formula is C13H14N2O4S. The Morgan fingerprint density at radius 3 is 2.70 bits per heavy atom. The second-order valence-corrected chi connectivity index (χ2v) is 6.05. The number of nitrogens with one attached hydrogen (secondary N) is 1. The Hall–Kier alpha value is -1.73. The van der Waals surface area contributed by atoms with Crippen LogP contribution >= 0.6 is 11.3 Å². The van der Waals surface area contributed by atoms with E-state index in [0.717, 1.165) is 11.3 Å². The summed E-state index contributed by atoms with van der Waals surface area (Å²) >= 11 is 1.14. The number of ether oxygens (including phenoxy) is 1. The van der Waals surface area contributed by atoms with Crippen molar-refractivity contribution in [2.24, 2.45) is 0 Å². The zero-order valence-corrected chi connectivity index (χ0v) is 12.0. The van der Waals surface area contributed by atoms with E-state index in [1.165, 1.54) is 4.57 Å². The molecule has 1 aliphatic carbocycles. The first-order chi connectivity index (χ1) is 9.56. The molecule has 2 aromatic rings. The molecule has 7 heteroatoms.